The summed E-state index contributed by atoms with van der Waals surface area (Å²) in [4.78, 5) is 17.2. The number of aryl methyl sites for hydroxylation is 1. The molecule has 2 aromatic heterocycles. The van der Waals surface area contributed by atoms with Crippen molar-refractivity contribution in [3.8, 4) is 0 Å². The molecule has 1 fully saturated rings. The quantitative estimate of drug-likeness (QED) is 0.669. The summed E-state index contributed by atoms with van der Waals surface area (Å²) >= 11 is 3.52. The average Bonchev–Trinajstić information content (AvgIpc) is 2.80. The van der Waals surface area contributed by atoms with Gasteiger partial charge in [-0.25, -0.2) is 4.79 Å². The van der Waals surface area contributed by atoms with Crippen LogP contribution in [0.4, 0.5) is 0 Å². The predicted octanol–water partition coefficient (Wildman–Crippen LogP) is 3.00. The first-order valence-electron chi connectivity index (χ1n) is 7.40. The molecule has 0 amide bonds. The Bertz CT molecular complexity index is 922. The molecule has 0 aliphatic carbocycles. The van der Waals surface area contributed by atoms with Gasteiger partial charge in [-0.2, -0.15) is 0 Å². The fraction of sp³-hybridized carbons (Fsp3) is 0.375. The maximum atomic E-state index is 12.7. The molecule has 114 valence electrons. The van der Waals surface area contributed by atoms with Crippen molar-refractivity contribution in [2.45, 2.75) is 18.9 Å². The summed E-state index contributed by atoms with van der Waals surface area (Å²) in [5, 5.41) is 0.996. The molecule has 0 N–H and O–H groups in total. The third-order valence-electron chi connectivity index (χ3n) is 4.38. The molecule has 22 heavy (non-hydrogen) atoms. The lowest BCUT2D eigenvalue weighted by Gasteiger charge is -2.23. The normalized spacial score (nSPS) is 19.1. The second-order valence-electron chi connectivity index (χ2n) is 5.74. The minimum absolute atomic E-state index is 0.000208. The van der Waals surface area contributed by atoms with Gasteiger partial charge in [0.1, 0.15) is 0 Å². The van der Waals surface area contributed by atoms with E-state index in [9.17, 15) is 4.79 Å². The van der Waals surface area contributed by atoms with Crippen LogP contribution in [-0.4, -0.2) is 27.3 Å². The predicted molar refractivity (Wildman–Crippen MR) is 89.3 cm³/mol. The largest absolute Gasteiger partial charge is 0.379 e. The smallest absolute Gasteiger partial charge is 0.329 e. The maximum absolute atomic E-state index is 12.7. The number of imidazole rings is 1. The molecular formula is C16H16BrN3O2. The van der Waals surface area contributed by atoms with Crippen molar-refractivity contribution in [3.63, 3.8) is 0 Å². The minimum Gasteiger partial charge on any atom is -0.379 e. The Morgan fingerprint density at radius 2 is 2.27 bits per heavy atom. The Morgan fingerprint density at radius 1 is 1.41 bits per heavy atom. The zero-order chi connectivity index (χ0) is 15.3. The van der Waals surface area contributed by atoms with E-state index in [-0.39, 0.29) is 11.7 Å². The number of fused-ring (bicyclic) bond motifs is 3. The molecule has 1 aliphatic rings. The lowest BCUT2D eigenvalue weighted by atomic mass is 10.1. The summed E-state index contributed by atoms with van der Waals surface area (Å²) < 4.78 is 10.1. The first kappa shape index (κ1) is 14.0. The molecule has 6 heteroatoms. The highest BCUT2D eigenvalue weighted by Crippen LogP contribution is 2.29. The number of halogens is 1. The number of hydrogen-bond donors (Lipinski definition) is 0. The zero-order valence-electron chi connectivity index (χ0n) is 12.3. The summed E-state index contributed by atoms with van der Waals surface area (Å²) in [6.07, 6.45) is 3.74. The average molecular weight is 362 g/mol. The van der Waals surface area contributed by atoms with Gasteiger partial charge in [0.25, 0.3) is 0 Å². The van der Waals surface area contributed by atoms with Crippen LogP contribution in [0.5, 0.6) is 0 Å². The SMILES string of the molecule is Cn1c(=O)n([C@H]2CCCOC2)c2c3cc(Br)ccc3ncc21. The first-order chi connectivity index (χ1) is 10.7. The number of aromatic nitrogens is 3. The van der Waals surface area contributed by atoms with Crippen LogP contribution in [0.25, 0.3) is 21.9 Å². The van der Waals surface area contributed by atoms with E-state index in [1.165, 1.54) is 0 Å². The van der Waals surface area contributed by atoms with Gasteiger partial charge in [0, 0.05) is 23.5 Å². The van der Waals surface area contributed by atoms with Gasteiger partial charge in [-0.3, -0.25) is 14.1 Å². The minimum atomic E-state index is -0.000208. The van der Waals surface area contributed by atoms with Crippen molar-refractivity contribution in [1.29, 1.82) is 0 Å². The van der Waals surface area contributed by atoms with E-state index >= 15 is 0 Å². The summed E-state index contributed by atoms with van der Waals surface area (Å²) in [6.45, 7) is 1.38. The van der Waals surface area contributed by atoms with Crippen molar-refractivity contribution < 1.29 is 4.74 Å². The molecule has 1 atom stereocenters. The molecule has 3 heterocycles. The Labute approximate surface area is 135 Å². The van der Waals surface area contributed by atoms with E-state index in [2.05, 4.69) is 20.9 Å². The van der Waals surface area contributed by atoms with Crippen LogP contribution < -0.4 is 5.69 Å². The molecule has 0 unspecified atom stereocenters. The van der Waals surface area contributed by atoms with Crippen molar-refractivity contribution in [2.75, 3.05) is 13.2 Å². The maximum Gasteiger partial charge on any atom is 0.329 e. The molecule has 3 aromatic rings. The van der Waals surface area contributed by atoms with Gasteiger partial charge >= 0.3 is 5.69 Å². The third kappa shape index (κ3) is 2.01. The van der Waals surface area contributed by atoms with Crippen molar-refractivity contribution >= 4 is 37.9 Å². The summed E-state index contributed by atoms with van der Waals surface area (Å²) in [5.74, 6) is 0. The van der Waals surface area contributed by atoms with Gasteiger partial charge in [-0.05, 0) is 31.0 Å². The number of nitrogens with zero attached hydrogens (tertiary/aromatic N) is 3. The van der Waals surface area contributed by atoms with Gasteiger partial charge in [0.15, 0.2) is 0 Å². The van der Waals surface area contributed by atoms with Crippen LogP contribution in [0.2, 0.25) is 0 Å². The summed E-state index contributed by atoms with van der Waals surface area (Å²) in [7, 11) is 1.80. The molecular weight excluding hydrogens is 346 g/mol. The Hall–Kier alpha value is -1.66. The zero-order valence-corrected chi connectivity index (χ0v) is 13.8. The van der Waals surface area contributed by atoms with Crippen LogP contribution in [0.1, 0.15) is 18.9 Å². The highest BCUT2D eigenvalue weighted by atomic mass is 79.9. The van der Waals surface area contributed by atoms with Crippen molar-refractivity contribution in [3.05, 3.63) is 39.4 Å². The number of ether oxygens (including phenoxy) is 1. The van der Waals surface area contributed by atoms with Crippen molar-refractivity contribution in [2.24, 2.45) is 7.05 Å². The number of hydrogen-bond acceptors (Lipinski definition) is 3. The van der Waals surface area contributed by atoms with Gasteiger partial charge < -0.3 is 4.74 Å². The number of benzene rings is 1. The van der Waals surface area contributed by atoms with E-state index in [0.29, 0.717) is 6.61 Å². The third-order valence-corrected chi connectivity index (χ3v) is 4.87. The first-order valence-corrected chi connectivity index (χ1v) is 8.19. The van der Waals surface area contributed by atoms with Crippen LogP contribution >= 0.6 is 15.9 Å². The Balaban J connectivity index is 2.11. The lowest BCUT2D eigenvalue weighted by Crippen LogP contribution is -2.31. The number of rotatable bonds is 1. The molecule has 0 saturated carbocycles. The Morgan fingerprint density at radius 3 is 3.05 bits per heavy atom. The fourth-order valence-corrected chi connectivity index (χ4v) is 3.63. The highest BCUT2D eigenvalue weighted by Gasteiger charge is 2.23. The standard InChI is InChI=1S/C16H16BrN3O2/c1-19-14-8-18-13-5-4-10(17)7-12(13)15(14)20(16(19)21)11-3-2-6-22-9-11/h4-5,7-8,11H,2-3,6,9H2,1H3/t11-/m0/s1. The van der Waals surface area contributed by atoms with E-state index in [0.717, 1.165) is 45.9 Å². The van der Waals surface area contributed by atoms with Gasteiger partial charge in [0.2, 0.25) is 0 Å². The second-order valence-corrected chi connectivity index (χ2v) is 6.65. The second kappa shape index (κ2) is 5.21. The molecule has 1 saturated heterocycles. The van der Waals surface area contributed by atoms with E-state index < -0.39 is 0 Å². The van der Waals surface area contributed by atoms with Crippen LogP contribution in [0.15, 0.2) is 33.7 Å². The lowest BCUT2D eigenvalue weighted by molar-refractivity contribution is 0.0593. The van der Waals surface area contributed by atoms with Crippen LogP contribution in [0.3, 0.4) is 0 Å². The molecule has 4 rings (SSSR count). The van der Waals surface area contributed by atoms with Gasteiger partial charge in [-0.15, -0.1) is 0 Å². The van der Waals surface area contributed by atoms with Crippen LogP contribution in [0, 0.1) is 0 Å². The van der Waals surface area contributed by atoms with E-state index in [1.807, 2.05) is 22.8 Å². The van der Waals surface area contributed by atoms with Gasteiger partial charge in [0.05, 0.1) is 35.4 Å². The summed E-state index contributed by atoms with van der Waals surface area (Å²) in [5.41, 5.74) is 2.71. The molecule has 0 radical (unpaired) electrons. The van der Waals surface area contributed by atoms with Gasteiger partial charge in [-0.1, -0.05) is 15.9 Å². The monoisotopic (exact) mass is 361 g/mol. The van der Waals surface area contributed by atoms with Crippen molar-refractivity contribution in [1.82, 2.24) is 14.1 Å². The highest BCUT2D eigenvalue weighted by molar-refractivity contribution is 9.10. The number of pyridine rings is 1. The van der Waals surface area contributed by atoms with Crippen LogP contribution in [-0.2, 0) is 11.8 Å². The molecule has 1 aliphatic heterocycles. The van der Waals surface area contributed by atoms with E-state index in [1.54, 1.807) is 17.8 Å². The molecule has 0 bridgehead atoms. The Kier molecular flexibility index (Phi) is 3.31. The van der Waals surface area contributed by atoms with E-state index in [4.69, 9.17) is 4.74 Å². The molecule has 1 aromatic carbocycles. The summed E-state index contributed by atoms with van der Waals surface area (Å²) in [6, 6.07) is 6.06. The fourth-order valence-electron chi connectivity index (χ4n) is 3.27. The molecule has 5 nitrogen and oxygen atoms in total. The molecule has 0 spiro atoms. The topological polar surface area (TPSA) is 49.0 Å².